The molecule has 4 aliphatic heterocycles. The van der Waals surface area contributed by atoms with Crippen molar-refractivity contribution in [2.24, 2.45) is 11.8 Å². The maximum Gasteiger partial charge on any atom is 0.313 e. The summed E-state index contributed by atoms with van der Waals surface area (Å²) in [6.45, 7) is 1.53. The van der Waals surface area contributed by atoms with Crippen LogP contribution in [0.25, 0.3) is 10.8 Å². The molecule has 10 nitrogen and oxygen atoms in total. The summed E-state index contributed by atoms with van der Waals surface area (Å²) in [7, 11) is 0. The molecule has 2 N–H and O–H groups in total. The van der Waals surface area contributed by atoms with Crippen molar-refractivity contribution < 1.29 is 33.8 Å². The molecule has 0 aliphatic carbocycles. The van der Waals surface area contributed by atoms with E-state index in [1.807, 2.05) is 78.9 Å². The molecule has 3 aromatic rings. The number of carbonyl (C=O) groups excluding carboxylic acids is 4. The van der Waals surface area contributed by atoms with Crippen molar-refractivity contribution in [2.45, 2.75) is 49.7 Å². The summed E-state index contributed by atoms with van der Waals surface area (Å²) in [5, 5.41) is 15.0. The second-order valence-corrected chi connectivity index (χ2v) is 12.6. The van der Waals surface area contributed by atoms with Crippen LogP contribution in [-0.2, 0) is 28.7 Å². The van der Waals surface area contributed by atoms with Gasteiger partial charge in [-0.25, -0.2) is 0 Å². The first-order chi connectivity index (χ1) is 22.8. The van der Waals surface area contributed by atoms with Gasteiger partial charge in [0, 0.05) is 25.2 Å². The van der Waals surface area contributed by atoms with E-state index in [4.69, 9.17) is 9.47 Å². The van der Waals surface area contributed by atoms with E-state index >= 15 is 0 Å². The molecule has 1 spiro atoms. The van der Waals surface area contributed by atoms with Crippen molar-refractivity contribution >= 4 is 40.2 Å². The summed E-state index contributed by atoms with van der Waals surface area (Å²) in [6, 6.07) is 21.1. The van der Waals surface area contributed by atoms with Gasteiger partial charge in [0.05, 0.1) is 24.7 Å². The number of rotatable bonds is 4. The Balaban J connectivity index is 1.30. The number of esters is 1. The number of ether oxygens (including phenoxy) is 2. The van der Waals surface area contributed by atoms with Gasteiger partial charge >= 0.3 is 5.97 Å². The van der Waals surface area contributed by atoms with Gasteiger partial charge in [0.15, 0.2) is 0 Å². The number of benzene rings is 3. The molecule has 0 aromatic heterocycles. The van der Waals surface area contributed by atoms with Gasteiger partial charge in [-0.15, -0.1) is 0 Å². The van der Waals surface area contributed by atoms with Crippen LogP contribution in [0.15, 0.2) is 97.1 Å². The fourth-order valence-corrected chi connectivity index (χ4v) is 7.63. The Morgan fingerprint density at radius 3 is 2.49 bits per heavy atom. The van der Waals surface area contributed by atoms with Crippen LogP contribution in [0.4, 0.5) is 5.69 Å². The third kappa shape index (κ3) is 5.31. The van der Waals surface area contributed by atoms with Gasteiger partial charge in [-0.2, -0.15) is 0 Å². The molecule has 7 rings (SSSR count). The average molecular weight is 636 g/mol. The third-order valence-electron chi connectivity index (χ3n) is 9.73. The molecule has 7 atom stereocenters. The topological polar surface area (TPSA) is 125 Å². The largest absolute Gasteiger partial charge is 0.455 e. The number of allylic oxidation sites excluding steroid dienone is 1. The minimum atomic E-state index is -1.49. The molecule has 4 heterocycles. The van der Waals surface area contributed by atoms with E-state index in [2.05, 4.69) is 5.32 Å². The first-order valence-electron chi connectivity index (χ1n) is 16.1. The quantitative estimate of drug-likeness (QED) is 0.332. The summed E-state index contributed by atoms with van der Waals surface area (Å²) in [5.74, 6) is -3.82. The molecule has 4 aliphatic rings. The summed E-state index contributed by atoms with van der Waals surface area (Å²) < 4.78 is 12.9. The molecule has 47 heavy (non-hydrogen) atoms. The fraction of sp³-hybridized carbons (Fsp3) is 0.351. The fourth-order valence-electron chi connectivity index (χ4n) is 7.63. The van der Waals surface area contributed by atoms with E-state index in [0.29, 0.717) is 17.7 Å². The zero-order chi connectivity index (χ0) is 32.7. The molecule has 2 fully saturated rings. The highest BCUT2D eigenvalue weighted by Gasteiger charge is 2.71. The number of cyclic esters (lactones) is 1. The van der Waals surface area contributed by atoms with E-state index in [9.17, 15) is 24.3 Å². The van der Waals surface area contributed by atoms with Crippen LogP contribution in [0, 0.1) is 11.8 Å². The summed E-state index contributed by atoms with van der Waals surface area (Å²) in [4.78, 5) is 59.1. The first kappa shape index (κ1) is 30.8. The molecule has 0 bridgehead atoms. The monoisotopic (exact) mass is 635 g/mol. The number of aliphatic hydroxyl groups excluding tert-OH is 1. The number of β-amino-alcohol motifs (C(OH)–C–C–N with tert-alkyl or cyclic N) is 1. The van der Waals surface area contributed by atoms with E-state index in [1.54, 1.807) is 30.1 Å². The van der Waals surface area contributed by atoms with Gasteiger partial charge in [0.1, 0.15) is 23.7 Å². The Hall–Kier alpha value is -4.80. The van der Waals surface area contributed by atoms with Gasteiger partial charge in [0.2, 0.25) is 11.8 Å². The minimum Gasteiger partial charge on any atom is -0.455 e. The van der Waals surface area contributed by atoms with Crippen molar-refractivity contribution in [3.05, 3.63) is 103 Å². The number of anilines is 1. The average Bonchev–Trinajstić information content (AvgIpc) is 3.45. The summed E-state index contributed by atoms with van der Waals surface area (Å²) >= 11 is 0. The zero-order valence-corrected chi connectivity index (χ0v) is 26.0. The van der Waals surface area contributed by atoms with Crippen molar-refractivity contribution in [2.75, 3.05) is 24.6 Å². The van der Waals surface area contributed by atoms with Crippen molar-refractivity contribution in [3.8, 4) is 0 Å². The Labute approximate surface area is 272 Å². The Morgan fingerprint density at radius 2 is 1.70 bits per heavy atom. The first-order valence-corrected chi connectivity index (χ1v) is 16.1. The molecule has 0 saturated carbocycles. The summed E-state index contributed by atoms with van der Waals surface area (Å²) in [5.41, 5.74) is -0.133. The van der Waals surface area contributed by atoms with Crippen LogP contribution in [-0.4, -0.2) is 77.2 Å². The number of carbonyl (C=O) groups is 4. The lowest BCUT2D eigenvalue weighted by Gasteiger charge is -2.35. The predicted octanol–water partition coefficient (Wildman–Crippen LogP) is 3.45. The van der Waals surface area contributed by atoms with Gasteiger partial charge < -0.3 is 29.7 Å². The number of amides is 3. The number of nitrogens with zero attached hydrogens (tertiary/aromatic N) is 2. The molecular formula is C37H37N3O7. The van der Waals surface area contributed by atoms with Crippen molar-refractivity contribution in [1.29, 1.82) is 0 Å². The van der Waals surface area contributed by atoms with Crippen molar-refractivity contribution in [3.63, 3.8) is 0 Å². The normalized spacial score (nSPS) is 31.6. The Bertz CT molecular complexity index is 1770. The number of aliphatic hydroxyl groups is 1. The summed E-state index contributed by atoms with van der Waals surface area (Å²) in [6.07, 6.45) is 5.94. The van der Waals surface area contributed by atoms with E-state index < -0.39 is 53.6 Å². The van der Waals surface area contributed by atoms with Gasteiger partial charge in [-0.05, 0) is 41.8 Å². The molecule has 3 amide bonds. The van der Waals surface area contributed by atoms with Crippen molar-refractivity contribution in [1.82, 2.24) is 10.2 Å². The van der Waals surface area contributed by atoms with Crippen LogP contribution >= 0.6 is 0 Å². The van der Waals surface area contributed by atoms with E-state index in [1.165, 1.54) is 4.90 Å². The smallest absolute Gasteiger partial charge is 0.313 e. The number of nitrogens with one attached hydrogen (secondary N) is 1. The van der Waals surface area contributed by atoms with Crippen LogP contribution in [0.5, 0.6) is 0 Å². The van der Waals surface area contributed by atoms with E-state index in [-0.39, 0.29) is 37.9 Å². The zero-order valence-electron chi connectivity index (χ0n) is 26.0. The molecular weight excluding hydrogens is 598 g/mol. The predicted molar refractivity (Wildman–Crippen MR) is 174 cm³/mol. The molecule has 0 radical (unpaired) electrons. The second kappa shape index (κ2) is 12.4. The van der Waals surface area contributed by atoms with Gasteiger partial charge in [-0.1, -0.05) is 85.0 Å². The third-order valence-corrected chi connectivity index (χ3v) is 9.73. The number of likely N-dealkylation sites (tertiary alicyclic amines) is 1. The second-order valence-electron chi connectivity index (χ2n) is 12.6. The lowest BCUT2D eigenvalue weighted by atomic mass is 9.77. The SMILES string of the molecule is C[C@H]1NC(=O)CC/C=C\[C@H]2O[C@]34C=CCN(c5ccc6ccccc6c5)C(=O)[C@H]3N(CCO)C(=O)[C@@H]4[C@H]2C(=O)O[C@@H]1c1ccccc1. The molecule has 3 aromatic carbocycles. The molecule has 2 saturated heterocycles. The van der Waals surface area contributed by atoms with E-state index in [0.717, 1.165) is 10.8 Å². The van der Waals surface area contributed by atoms with Crippen LogP contribution < -0.4 is 10.2 Å². The maximum absolute atomic E-state index is 14.6. The van der Waals surface area contributed by atoms with Crippen LogP contribution in [0.2, 0.25) is 0 Å². The number of fused-ring (bicyclic) bond motifs is 3. The standard InChI is InChI=1S/C37H37N3O7/c1-23-32(25-11-3-2-4-12-25)46-36(45)30-28(14-7-8-15-29(42)38-23)47-37-18-9-19-39(27-17-16-24-10-5-6-13-26(24)22-27)35(44)33(37)40(20-21-41)34(43)31(30)37/h2-7,9-14,16-18,22-23,28,30-33,41H,8,15,19-21H2,1H3,(H,38,42)/b14-7-/t23-,28-,30+,31+,32+,33-,37+/m1/s1. The number of hydrogen-bond donors (Lipinski definition) is 2. The van der Waals surface area contributed by atoms with Crippen LogP contribution in [0.1, 0.15) is 31.4 Å². The van der Waals surface area contributed by atoms with Gasteiger partial charge in [0.25, 0.3) is 5.91 Å². The minimum absolute atomic E-state index is 0.103. The Morgan fingerprint density at radius 1 is 0.936 bits per heavy atom. The van der Waals surface area contributed by atoms with Gasteiger partial charge in [-0.3, -0.25) is 19.2 Å². The van der Waals surface area contributed by atoms with Crippen LogP contribution in [0.3, 0.4) is 0 Å². The molecule has 242 valence electrons. The highest BCUT2D eigenvalue weighted by atomic mass is 16.6. The highest BCUT2D eigenvalue weighted by Crippen LogP contribution is 2.53. The Kier molecular flexibility index (Phi) is 8.15. The highest BCUT2D eigenvalue weighted by molar-refractivity contribution is 6.06. The number of hydrogen-bond acceptors (Lipinski definition) is 7. The lowest BCUT2D eigenvalue weighted by molar-refractivity contribution is -0.161. The molecule has 10 heteroatoms. The molecule has 0 unspecified atom stereocenters. The maximum atomic E-state index is 14.6. The lowest BCUT2D eigenvalue weighted by Crippen LogP contribution is -2.55.